The molecule has 19 heavy (non-hydrogen) atoms. The first-order valence-corrected chi connectivity index (χ1v) is 7.22. The number of rotatable bonds is 2. The maximum atomic E-state index is 9.89. The third kappa shape index (κ3) is 2.23. The topological polar surface area (TPSA) is 39.6 Å². The molecule has 4 heteroatoms. The smallest absolute Gasteiger partial charge is 0.128 e. The number of likely N-dealkylation sites (tertiary alicyclic amines) is 1. The summed E-state index contributed by atoms with van der Waals surface area (Å²) in [5.41, 5.74) is 0.109. The van der Waals surface area contributed by atoms with E-state index in [9.17, 15) is 5.11 Å². The number of fused-ring (bicyclic) bond motifs is 1. The highest BCUT2D eigenvalue weighted by Crippen LogP contribution is 2.42. The van der Waals surface area contributed by atoms with Crippen molar-refractivity contribution >= 4 is 5.82 Å². The lowest BCUT2D eigenvalue weighted by Gasteiger charge is -2.53. The average Bonchev–Trinajstić information content (AvgIpc) is 2.48. The summed E-state index contributed by atoms with van der Waals surface area (Å²) in [6.07, 6.45) is 5.29. The van der Waals surface area contributed by atoms with Crippen molar-refractivity contribution in [1.82, 2.24) is 9.88 Å². The van der Waals surface area contributed by atoms with E-state index < -0.39 is 0 Å². The van der Waals surface area contributed by atoms with Crippen LogP contribution in [-0.2, 0) is 0 Å². The van der Waals surface area contributed by atoms with Crippen LogP contribution in [0, 0.1) is 5.41 Å². The second kappa shape index (κ2) is 5.10. The van der Waals surface area contributed by atoms with Gasteiger partial charge in [0.15, 0.2) is 0 Å². The predicted molar refractivity (Wildman–Crippen MR) is 76.2 cm³/mol. The minimum Gasteiger partial charge on any atom is -0.396 e. The molecule has 0 aromatic carbocycles. The van der Waals surface area contributed by atoms with Crippen LogP contribution in [0.3, 0.4) is 0 Å². The molecule has 0 radical (unpaired) electrons. The fourth-order valence-corrected chi connectivity index (χ4v) is 3.77. The molecule has 104 valence electrons. The molecular formula is C15H23N3O. The normalized spacial score (nSPS) is 32.1. The fraction of sp³-hybridized carbons (Fsp3) is 0.667. The Labute approximate surface area is 115 Å². The van der Waals surface area contributed by atoms with Crippen LogP contribution in [0.4, 0.5) is 5.82 Å². The number of hydrogen-bond acceptors (Lipinski definition) is 4. The van der Waals surface area contributed by atoms with Gasteiger partial charge in [-0.2, -0.15) is 0 Å². The molecule has 3 rings (SSSR count). The molecule has 1 N–H and O–H groups in total. The Balaban J connectivity index is 1.81. The van der Waals surface area contributed by atoms with Crippen molar-refractivity contribution in [1.29, 1.82) is 0 Å². The van der Waals surface area contributed by atoms with Crippen LogP contribution in [0.5, 0.6) is 0 Å². The maximum Gasteiger partial charge on any atom is 0.128 e. The number of pyridine rings is 1. The van der Waals surface area contributed by atoms with Crippen molar-refractivity contribution in [3.8, 4) is 0 Å². The largest absolute Gasteiger partial charge is 0.396 e. The number of aliphatic hydroxyl groups excluding tert-OH is 1. The molecule has 0 saturated carbocycles. The third-order valence-electron chi connectivity index (χ3n) is 4.99. The monoisotopic (exact) mass is 261 g/mol. The summed E-state index contributed by atoms with van der Waals surface area (Å²) in [7, 11) is 2.19. The zero-order valence-corrected chi connectivity index (χ0v) is 11.6. The summed E-state index contributed by atoms with van der Waals surface area (Å²) in [5, 5.41) is 9.89. The van der Waals surface area contributed by atoms with Crippen LogP contribution < -0.4 is 4.90 Å². The van der Waals surface area contributed by atoms with Crippen LogP contribution >= 0.6 is 0 Å². The third-order valence-corrected chi connectivity index (χ3v) is 4.99. The van der Waals surface area contributed by atoms with Gasteiger partial charge >= 0.3 is 0 Å². The van der Waals surface area contributed by atoms with Crippen LogP contribution in [-0.4, -0.2) is 54.3 Å². The molecule has 1 aromatic rings. The van der Waals surface area contributed by atoms with E-state index in [4.69, 9.17) is 0 Å². The molecule has 0 spiro atoms. The minimum absolute atomic E-state index is 0.109. The fourth-order valence-electron chi connectivity index (χ4n) is 3.77. The first-order valence-electron chi connectivity index (χ1n) is 7.22. The summed E-state index contributed by atoms with van der Waals surface area (Å²) in [6.45, 7) is 3.44. The highest BCUT2D eigenvalue weighted by molar-refractivity contribution is 5.39. The van der Waals surface area contributed by atoms with Gasteiger partial charge in [0.25, 0.3) is 0 Å². The van der Waals surface area contributed by atoms with E-state index in [0.29, 0.717) is 12.6 Å². The van der Waals surface area contributed by atoms with E-state index in [-0.39, 0.29) is 5.41 Å². The van der Waals surface area contributed by atoms with Crippen LogP contribution in [0.2, 0.25) is 0 Å². The molecule has 0 bridgehead atoms. The second-order valence-corrected chi connectivity index (χ2v) is 6.00. The first-order chi connectivity index (χ1) is 9.25. The number of piperidine rings is 2. The zero-order chi connectivity index (χ0) is 13.3. The molecule has 2 atom stereocenters. The Bertz CT molecular complexity index is 425. The van der Waals surface area contributed by atoms with Crippen molar-refractivity contribution in [2.24, 2.45) is 5.41 Å². The van der Waals surface area contributed by atoms with Gasteiger partial charge in [0, 0.05) is 30.7 Å². The summed E-state index contributed by atoms with van der Waals surface area (Å²) < 4.78 is 0. The summed E-state index contributed by atoms with van der Waals surface area (Å²) in [6, 6.07) is 6.52. The van der Waals surface area contributed by atoms with Crippen LogP contribution in [0.15, 0.2) is 24.4 Å². The summed E-state index contributed by atoms with van der Waals surface area (Å²) in [4.78, 5) is 9.25. The maximum absolute atomic E-state index is 9.89. The summed E-state index contributed by atoms with van der Waals surface area (Å²) >= 11 is 0. The standard InChI is InChI=1S/C15H23N3O/c1-17-9-4-6-15(12-19)7-10-18(11-13(15)17)14-5-2-3-8-16-14/h2-3,5,8,13,19H,4,6-7,9-12H2,1H3/t13-,15-/m1/s1. The first kappa shape index (κ1) is 12.9. The van der Waals surface area contributed by atoms with Crippen molar-refractivity contribution < 1.29 is 5.11 Å². The Morgan fingerprint density at radius 3 is 3.00 bits per heavy atom. The van der Waals surface area contributed by atoms with E-state index in [0.717, 1.165) is 38.3 Å². The molecule has 0 aliphatic carbocycles. The molecule has 1 aromatic heterocycles. The van der Waals surface area contributed by atoms with Crippen LogP contribution in [0.1, 0.15) is 19.3 Å². The van der Waals surface area contributed by atoms with Crippen LogP contribution in [0.25, 0.3) is 0 Å². The van der Waals surface area contributed by atoms with E-state index in [1.54, 1.807) is 0 Å². The van der Waals surface area contributed by atoms with Gasteiger partial charge in [-0.3, -0.25) is 0 Å². The Morgan fingerprint density at radius 2 is 2.26 bits per heavy atom. The van der Waals surface area contributed by atoms with Gasteiger partial charge in [-0.05, 0) is 45.0 Å². The highest BCUT2D eigenvalue weighted by Gasteiger charge is 2.46. The van der Waals surface area contributed by atoms with Gasteiger partial charge in [-0.15, -0.1) is 0 Å². The number of nitrogens with zero attached hydrogens (tertiary/aromatic N) is 3. The highest BCUT2D eigenvalue weighted by atomic mass is 16.3. The van der Waals surface area contributed by atoms with Crippen molar-refractivity contribution in [3.05, 3.63) is 24.4 Å². The Kier molecular flexibility index (Phi) is 3.46. The average molecular weight is 261 g/mol. The number of anilines is 1. The van der Waals surface area contributed by atoms with Gasteiger partial charge in [0.1, 0.15) is 5.82 Å². The van der Waals surface area contributed by atoms with E-state index in [2.05, 4.69) is 27.9 Å². The van der Waals surface area contributed by atoms with Gasteiger partial charge in [-0.1, -0.05) is 6.07 Å². The molecular weight excluding hydrogens is 238 g/mol. The van der Waals surface area contributed by atoms with E-state index in [1.165, 1.54) is 6.42 Å². The molecule has 2 saturated heterocycles. The number of aliphatic hydroxyl groups is 1. The van der Waals surface area contributed by atoms with Crippen molar-refractivity contribution in [2.75, 3.05) is 38.2 Å². The lowest BCUT2D eigenvalue weighted by molar-refractivity contribution is -0.0277. The SMILES string of the molecule is CN1CCC[C@]2(CO)CCN(c3ccccn3)C[C@@H]12. The summed E-state index contributed by atoms with van der Waals surface area (Å²) in [5.74, 6) is 1.06. The Morgan fingerprint density at radius 1 is 1.37 bits per heavy atom. The van der Waals surface area contributed by atoms with Gasteiger partial charge < -0.3 is 14.9 Å². The molecule has 3 heterocycles. The molecule has 2 aliphatic heterocycles. The Hall–Kier alpha value is -1.13. The molecule has 2 aliphatic rings. The number of hydrogen-bond donors (Lipinski definition) is 1. The quantitative estimate of drug-likeness (QED) is 0.872. The zero-order valence-electron chi connectivity index (χ0n) is 11.6. The molecule has 0 unspecified atom stereocenters. The second-order valence-electron chi connectivity index (χ2n) is 6.00. The van der Waals surface area contributed by atoms with Crippen molar-refractivity contribution in [3.63, 3.8) is 0 Å². The van der Waals surface area contributed by atoms with E-state index >= 15 is 0 Å². The van der Waals surface area contributed by atoms with Crippen molar-refractivity contribution in [2.45, 2.75) is 25.3 Å². The van der Waals surface area contributed by atoms with Gasteiger partial charge in [0.05, 0.1) is 6.61 Å². The predicted octanol–water partition coefficient (Wildman–Crippen LogP) is 1.36. The molecule has 2 fully saturated rings. The van der Waals surface area contributed by atoms with Gasteiger partial charge in [-0.25, -0.2) is 4.98 Å². The minimum atomic E-state index is 0.109. The molecule has 0 amide bonds. The van der Waals surface area contributed by atoms with E-state index in [1.807, 2.05) is 18.3 Å². The lowest BCUT2D eigenvalue weighted by atomic mass is 9.69. The van der Waals surface area contributed by atoms with Gasteiger partial charge in [0.2, 0.25) is 0 Å². The molecule has 4 nitrogen and oxygen atoms in total. The lowest BCUT2D eigenvalue weighted by Crippen LogP contribution is -2.61. The number of aromatic nitrogens is 1. The number of likely N-dealkylation sites (N-methyl/N-ethyl adjacent to an activating group) is 1.